The Morgan fingerprint density at radius 2 is 1.94 bits per heavy atom. The zero-order valence-electron chi connectivity index (χ0n) is 20.2. The van der Waals surface area contributed by atoms with Crippen molar-refractivity contribution in [3.8, 4) is 6.07 Å². The van der Waals surface area contributed by atoms with E-state index in [0.717, 1.165) is 57.6 Å². The van der Waals surface area contributed by atoms with E-state index >= 15 is 0 Å². The molecule has 1 aliphatic rings. The maximum absolute atomic E-state index is 11.6. The third kappa shape index (κ3) is 4.80. The molecule has 4 heteroatoms. The van der Waals surface area contributed by atoms with Gasteiger partial charge in [0.05, 0.1) is 18.6 Å². The fraction of sp³-hybridized carbons (Fsp3) is 0.500. The van der Waals surface area contributed by atoms with E-state index < -0.39 is 12.2 Å². The van der Waals surface area contributed by atoms with E-state index in [1.54, 1.807) is 0 Å². The minimum atomic E-state index is -0.862. The van der Waals surface area contributed by atoms with Gasteiger partial charge >= 0.3 is 0 Å². The molecule has 0 radical (unpaired) electrons. The quantitative estimate of drug-likeness (QED) is 0.572. The van der Waals surface area contributed by atoms with Crippen molar-refractivity contribution in [2.45, 2.75) is 85.4 Å². The van der Waals surface area contributed by atoms with E-state index in [4.69, 9.17) is 10.2 Å². The summed E-state index contributed by atoms with van der Waals surface area (Å²) in [4.78, 5) is 5.07. The van der Waals surface area contributed by atoms with Crippen LogP contribution in [-0.2, 0) is 12.8 Å². The number of benzene rings is 1. The van der Waals surface area contributed by atoms with Crippen molar-refractivity contribution in [3.63, 3.8) is 0 Å². The van der Waals surface area contributed by atoms with Crippen LogP contribution in [0.2, 0.25) is 0 Å². The highest BCUT2D eigenvalue weighted by Crippen LogP contribution is 2.47. The van der Waals surface area contributed by atoms with E-state index in [1.807, 2.05) is 24.3 Å². The number of rotatable bonds is 6. The van der Waals surface area contributed by atoms with Crippen molar-refractivity contribution >= 4 is 5.57 Å². The van der Waals surface area contributed by atoms with Gasteiger partial charge < -0.3 is 10.2 Å². The molecule has 0 spiro atoms. The molecule has 1 heterocycles. The van der Waals surface area contributed by atoms with Crippen LogP contribution in [0.4, 0.5) is 0 Å². The Labute approximate surface area is 192 Å². The molecule has 0 amide bonds. The van der Waals surface area contributed by atoms with Gasteiger partial charge in [0.1, 0.15) is 6.10 Å². The molecule has 3 rings (SSSR count). The van der Waals surface area contributed by atoms with Crippen LogP contribution in [0, 0.1) is 16.7 Å². The number of pyridine rings is 1. The molecule has 0 bridgehead atoms. The Balaban J connectivity index is 2.29. The van der Waals surface area contributed by atoms with E-state index in [9.17, 15) is 10.2 Å². The first-order chi connectivity index (χ1) is 15.1. The summed E-state index contributed by atoms with van der Waals surface area (Å²) in [5, 5.41) is 31.8. The molecule has 0 fully saturated rings. The smallest absolute Gasteiger partial charge is 0.106 e. The molecule has 0 saturated carbocycles. The largest absolute Gasteiger partial charge is 0.388 e. The van der Waals surface area contributed by atoms with Crippen molar-refractivity contribution in [1.29, 1.82) is 5.26 Å². The summed E-state index contributed by atoms with van der Waals surface area (Å²) in [6.45, 7) is 12.7. The second-order valence-corrected chi connectivity index (χ2v) is 10.1. The molecule has 2 aromatic rings. The van der Waals surface area contributed by atoms with Crippen LogP contribution in [-0.4, -0.2) is 15.2 Å². The van der Waals surface area contributed by atoms with E-state index in [2.05, 4.69) is 53.7 Å². The number of aromatic nitrogens is 1. The second-order valence-electron chi connectivity index (χ2n) is 10.1. The maximum Gasteiger partial charge on any atom is 0.106 e. The Bertz CT molecular complexity index is 1040. The summed E-state index contributed by atoms with van der Waals surface area (Å²) in [5.74, 6) is 0.123. The molecule has 0 unspecified atom stereocenters. The zero-order valence-corrected chi connectivity index (χ0v) is 20.2. The molecule has 4 nitrogen and oxygen atoms in total. The van der Waals surface area contributed by atoms with Crippen LogP contribution < -0.4 is 0 Å². The number of hydrogen-bond acceptors (Lipinski definition) is 4. The minimum Gasteiger partial charge on any atom is -0.388 e. The van der Waals surface area contributed by atoms with Crippen LogP contribution in [0.3, 0.4) is 0 Å². The van der Waals surface area contributed by atoms with Crippen LogP contribution in [0.5, 0.6) is 0 Å². The topological polar surface area (TPSA) is 77.1 Å². The maximum atomic E-state index is 11.6. The first-order valence-corrected chi connectivity index (χ1v) is 11.6. The van der Waals surface area contributed by atoms with Crippen LogP contribution in [0.1, 0.15) is 112 Å². The standard InChI is InChI=1S/C28H36N2O2/c1-7-8-18(4)23-24-21(15-28(5,6)16-22(24)31)30-26(17(2)3)25(23)27(32)20-11-9-19(10-12-20)13-14-29/h8-12,17,22,27,31-32H,7,13,15-16H2,1-6H3/b18-8+/t22-,27+/m0/s1. The molecule has 0 saturated heterocycles. The number of aliphatic hydroxyl groups is 2. The van der Waals surface area contributed by atoms with Crippen molar-refractivity contribution in [3.05, 3.63) is 69.5 Å². The average molecular weight is 433 g/mol. The van der Waals surface area contributed by atoms with Crippen molar-refractivity contribution in [2.24, 2.45) is 5.41 Å². The van der Waals surface area contributed by atoms with Gasteiger partial charge in [0.25, 0.3) is 0 Å². The van der Waals surface area contributed by atoms with E-state index in [0.29, 0.717) is 12.8 Å². The predicted molar refractivity (Wildman–Crippen MR) is 129 cm³/mol. The number of nitriles is 1. The molecule has 1 aromatic carbocycles. The van der Waals surface area contributed by atoms with Crippen LogP contribution >= 0.6 is 0 Å². The Morgan fingerprint density at radius 3 is 2.50 bits per heavy atom. The minimum absolute atomic E-state index is 0.0238. The number of aliphatic hydroxyl groups excluding tert-OH is 2. The summed E-state index contributed by atoms with van der Waals surface area (Å²) in [7, 11) is 0. The highest BCUT2D eigenvalue weighted by atomic mass is 16.3. The van der Waals surface area contributed by atoms with Crippen molar-refractivity contribution in [2.75, 3.05) is 0 Å². The second kappa shape index (κ2) is 9.57. The molecule has 32 heavy (non-hydrogen) atoms. The predicted octanol–water partition coefficient (Wildman–Crippen LogP) is 6.17. The number of allylic oxidation sites excluding steroid dienone is 2. The fourth-order valence-corrected chi connectivity index (χ4v) is 4.95. The molecular formula is C28H36N2O2. The van der Waals surface area contributed by atoms with Gasteiger partial charge in [-0.1, -0.05) is 65.0 Å². The van der Waals surface area contributed by atoms with Gasteiger partial charge in [-0.05, 0) is 59.8 Å². The molecule has 1 aliphatic carbocycles. The first kappa shape index (κ1) is 24.2. The van der Waals surface area contributed by atoms with E-state index in [1.165, 1.54) is 0 Å². The van der Waals surface area contributed by atoms with Gasteiger partial charge in [0, 0.05) is 22.5 Å². The molecule has 2 N–H and O–H groups in total. The Hall–Kier alpha value is -2.48. The lowest BCUT2D eigenvalue weighted by atomic mass is 9.71. The monoisotopic (exact) mass is 432 g/mol. The molecular weight excluding hydrogens is 396 g/mol. The van der Waals surface area contributed by atoms with Crippen LogP contribution in [0.25, 0.3) is 5.57 Å². The lowest BCUT2D eigenvalue weighted by molar-refractivity contribution is 0.0972. The number of fused-ring (bicyclic) bond motifs is 1. The third-order valence-corrected chi connectivity index (χ3v) is 6.41. The van der Waals surface area contributed by atoms with Gasteiger partial charge in [0.15, 0.2) is 0 Å². The summed E-state index contributed by atoms with van der Waals surface area (Å²) in [6, 6.07) is 9.74. The SMILES string of the molecule is CC/C=C(\C)c1c([C@H](O)c2ccc(CC#N)cc2)c(C(C)C)nc2c1[C@@H](O)CC(C)(C)C2. The van der Waals surface area contributed by atoms with Crippen LogP contribution in [0.15, 0.2) is 30.3 Å². The molecule has 2 atom stereocenters. The normalized spacial score (nSPS) is 18.9. The lowest BCUT2D eigenvalue weighted by Gasteiger charge is -2.37. The molecule has 0 aliphatic heterocycles. The first-order valence-electron chi connectivity index (χ1n) is 11.6. The van der Waals surface area contributed by atoms with Crippen molar-refractivity contribution < 1.29 is 10.2 Å². The fourth-order valence-electron chi connectivity index (χ4n) is 4.95. The third-order valence-electron chi connectivity index (χ3n) is 6.41. The highest BCUT2D eigenvalue weighted by Gasteiger charge is 2.37. The number of hydrogen-bond donors (Lipinski definition) is 2. The Kier molecular flexibility index (Phi) is 7.22. The van der Waals surface area contributed by atoms with Gasteiger partial charge in [-0.25, -0.2) is 0 Å². The van der Waals surface area contributed by atoms with Gasteiger partial charge in [-0.3, -0.25) is 4.98 Å². The summed E-state index contributed by atoms with van der Waals surface area (Å²) >= 11 is 0. The van der Waals surface area contributed by atoms with Gasteiger partial charge in [-0.2, -0.15) is 5.26 Å². The zero-order chi connectivity index (χ0) is 23.6. The summed E-state index contributed by atoms with van der Waals surface area (Å²) in [5.41, 5.74) is 7.22. The molecule has 1 aromatic heterocycles. The van der Waals surface area contributed by atoms with Crippen molar-refractivity contribution in [1.82, 2.24) is 4.98 Å². The highest BCUT2D eigenvalue weighted by molar-refractivity contribution is 5.73. The Morgan fingerprint density at radius 1 is 1.28 bits per heavy atom. The number of nitrogens with zero attached hydrogens (tertiary/aromatic N) is 2. The van der Waals surface area contributed by atoms with Gasteiger partial charge in [-0.15, -0.1) is 0 Å². The summed E-state index contributed by atoms with van der Waals surface area (Å²) < 4.78 is 0. The van der Waals surface area contributed by atoms with Gasteiger partial charge in [0.2, 0.25) is 0 Å². The van der Waals surface area contributed by atoms with E-state index in [-0.39, 0.29) is 11.3 Å². The summed E-state index contributed by atoms with van der Waals surface area (Å²) in [6.07, 6.45) is 3.40. The average Bonchev–Trinajstić information content (AvgIpc) is 2.72. The lowest BCUT2D eigenvalue weighted by Crippen LogP contribution is -2.29. The molecule has 170 valence electrons.